The first kappa shape index (κ1) is 16.2. The van der Waals surface area contributed by atoms with Gasteiger partial charge in [0.1, 0.15) is 17.2 Å². The van der Waals surface area contributed by atoms with Gasteiger partial charge in [-0.1, -0.05) is 11.8 Å². The molecule has 126 valence electrons. The lowest BCUT2D eigenvalue weighted by Gasteiger charge is -2.12. The van der Waals surface area contributed by atoms with Gasteiger partial charge in [0.25, 0.3) is 0 Å². The number of benzene rings is 1. The van der Waals surface area contributed by atoms with E-state index in [-0.39, 0.29) is 5.25 Å². The first-order valence-electron chi connectivity index (χ1n) is 7.09. The lowest BCUT2D eigenvalue weighted by atomic mass is 10.3. The maximum absolute atomic E-state index is 5.46. The van der Waals surface area contributed by atoms with Crippen LogP contribution in [0.2, 0.25) is 0 Å². The second kappa shape index (κ2) is 6.87. The predicted molar refractivity (Wildman–Crippen MR) is 85.6 cm³/mol. The van der Waals surface area contributed by atoms with Crippen molar-refractivity contribution in [3.8, 4) is 17.2 Å². The monoisotopic (exact) mass is 348 g/mol. The number of nitrogens with zero attached hydrogens (tertiary/aromatic N) is 6. The molecule has 0 saturated heterocycles. The van der Waals surface area contributed by atoms with Gasteiger partial charge < -0.3 is 13.9 Å². The van der Waals surface area contributed by atoms with Gasteiger partial charge in [0.2, 0.25) is 16.9 Å². The number of tetrazole rings is 1. The Labute approximate surface area is 142 Å². The summed E-state index contributed by atoms with van der Waals surface area (Å²) in [5.74, 6) is 2.35. The van der Waals surface area contributed by atoms with E-state index in [0.717, 1.165) is 0 Å². The molecule has 10 heteroatoms. The number of aromatic nitrogens is 6. The fourth-order valence-electron chi connectivity index (χ4n) is 2.05. The molecule has 9 nitrogen and oxygen atoms in total. The molecule has 2 heterocycles. The SMILES string of the molecule is COc1ccc(OC)c(-n2nnnc2SC(C)c2nnc(C)o2)c1. The van der Waals surface area contributed by atoms with Gasteiger partial charge in [0.15, 0.2) is 0 Å². The van der Waals surface area contributed by atoms with Gasteiger partial charge in [-0.2, -0.15) is 4.68 Å². The molecule has 1 aromatic carbocycles. The summed E-state index contributed by atoms with van der Waals surface area (Å²) in [6.45, 7) is 3.69. The molecule has 1 unspecified atom stereocenters. The quantitative estimate of drug-likeness (QED) is 0.620. The average molecular weight is 348 g/mol. The number of ether oxygens (including phenoxy) is 2. The summed E-state index contributed by atoms with van der Waals surface area (Å²) >= 11 is 1.41. The Morgan fingerprint density at radius 2 is 2.00 bits per heavy atom. The summed E-state index contributed by atoms with van der Waals surface area (Å²) in [6.07, 6.45) is 0. The molecule has 3 aromatic rings. The molecule has 0 bridgehead atoms. The van der Waals surface area contributed by atoms with E-state index in [1.807, 2.05) is 13.0 Å². The Hall–Kier alpha value is -2.62. The van der Waals surface area contributed by atoms with E-state index < -0.39 is 0 Å². The molecule has 1 atom stereocenters. The first-order chi connectivity index (χ1) is 11.6. The van der Waals surface area contributed by atoms with Crippen molar-refractivity contribution >= 4 is 11.8 Å². The van der Waals surface area contributed by atoms with Crippen LogP contribution in [0.3, 0.4) is 0 Å². The molecule has 2 aromatic heterocycles. The van der Waals surface area contributed by atoms with Crippen molar-refractivity contribution in [3.05, 3.63) is 30.0 Å². The molecule has 0 aliphatic carbocycles. The number of methoxy groups -OCH3 is 2. The third kappa shape index (κ3) is 3.18. The minimum Gasteiger partial charge on any atom is -0.497 e. The molecule has 24 heavy (non-hydrogen) atoms. The minimum absolute atomic E-state index is 0.104. The highest BCUT2D eigenvalue weighted by molar-refractivity contribution is 7.99. The first-order valence-corrected chi connectivity index (χ1v) is 7.97. The van der Waals surface area contributed by atoms with Gasteiger partial charge >= 0.3 is 0 Å². The molecule has 0 fully saturated rings. The van der Waals surface area contributed by atoms with Crippen molar-refractivity contribution in [3.63, 3.8) is 0 Å². The van der Waals surface area contributed by atoms with Crippen molar-refractivity contribution in [1.29, 1.82) is 0 Å². The maximum atomic E-state index is 5.46. The molecular weight excluding hydrogens is 332 g/mol. The molecule has 0 amide bonds. The van der Waals surface area contributed by atoms with Crippen LogP contribution in [-0.2, 0) is 0 Å². The zero-order valence-corrected chi connectivity index (χ0v) is 14.4. The summed E-state index contributed by atoms with van der Waals surface area (Å²) in [5, 5.41) is 20.2. The number of hydrogen-bond donors (Lipinski definition) is 0. The minimum atomic E-state index is -0.104. The summed E-state index contributed by atoms with van der Waals surface area (Å²) < 4.78 is 17.7. The number of hydrogen-bond acceptors (Lipinski definition) is 9. The molecule has 0 aliphatic rings. The number of aryl methyl sites for hydroxylation is 1. The van der Waals surface area contributed by atoms with Crippen LogP contribution < -0.4 is 9.47 Å². The van der Waals surface area contributed by atoms with Crippen LogP contribution in [0, 0.1) is 6.92 Å². The highest BCUT2D eigenvalue weighted by Crippen LogP contribution is 2.35. The highest BCUT2D eigenvalue weighted by atomic mass is 32.2. The van der Waals surface area contributed by atoms with E-state index in [9.17, 15) is 0 Å². The van der Waals surface area contributed by atoms with Crippen LogP contribution in [-0.4, -0.2) is 44.6 Å². The molecule has 0 spiro atoms. The molecule has 0 radical (unpaired) electrons. The Balaban J connectivity index is 1.93. The Morgan fingerprint density at radius 1 is 1.17 bits per heavy atom. The summed E-state index contributed by atoms with van der Waals surface area (Å²) in [4.78, 5) is 0. The van der Waals surface area contributed by atoms with E-state index in [4.69, 9.17) is 13.9 Å². The normalized spacial score (nSPS) is 12.2. The van der Waals surface area contributed by atoms with Gasteiger partial charge in [0, 0.05) is 13.0 Å². The van der Waals surface area contributed by atoms with E-state index in [0.29, 0.717) is 34.1 Å². The number of rotatable bonds is 6. The van der Waals surface area contributed by atoms with E-state index in [1.165, 1.54) is 11.8 Å². The van der Waals surface area contributed by atoms with Gasteiger partial charge in [-0.05, 0) is 29.5 Å². The Bertz CT molecular complexity index is 834. The van der Waals surface area contributed by atoms with Crippen molar-refractivity contribution in [2.45, 2.75) is 24.3 Å². The van der Waals surface area contributed by atoms with E-state index in [1.54, 1.807) is 38.0 Å². The molecule has 0 saturated carbocycles. The zero-order valence-electron chi connectivity index (χ0n) is 13.6. The molecular formula is C14H16N6O3S. The van der Waals surface area contributed by atoms with Gasteiger partial charge in [-0.25, -0.2) is 0 Å². The zero-order chi connectivity index (χ0) is 17.1. The van der Waals surface area contributed by atoms with E-state index in [2.05, 4.69) is 25.7 Å². The third-order valence-electron chi connectivity index (χ3n) is 3.23. The van der Waals surface area contributed by atoms with Crippen LogP contribution in [0.4, 0.5) is 0 Å². The second-order valence-corrected chi connectivity index (χ2v) is 6.14. The van der Waals surface area contributed by atoms with Gasteiger partial charge in [-0.15, -0.1) is 15.3 Å². The standard InChI is InChI=1S/C14H16N6O3S/c1-8(13-16-15-9(2)23-13)24-14-17-18-19-20(14)11-7-10(21-3)5-6-12(11)22-4/h5-8H,1-4H3. The van der Waals surface area contributed by atoms with Gasteiger partial charge in [0.05, 0.1) is 19.5 Å². The second-order valence-electron chi connectivity index (χ2n) is 4.83. The summed E-state index contributed by atoms with van der Waals surface area (Å²) in [6, 6.07) is 5.42. The number of thioether (sulfide) groups is 1. The fraction of sp³-hybridized carbons (Fsp3) is 0.357. The van der Waals surface area contributed by atoms with Crippen LogP contribution in [0.1, 0.15) is 24.0 Å². The topological polar surface area (TPSA) is 101 Å². The van der Waals surface area contributed by atoms with Crippen molar-refractivity contribution in [2.75, 3.05) is 14.2 Å². The third-order valence-corrected chi connectivity index (χ3v) is 4.25. The Morgan fingerprint density at radius 3 is 2.67 bits per heavy atom. The van der Waals surface area contributed by atoms with Crippen molar-refractivity contribution in [2.24, 2.45) is 0 Å². The molecule has 0 N–H and O–H groups in total. The molecule has 0 aliphatic heterocycles. The largest absolute Gasteiger partial charge is 0.497 e. The maximum Gasteiger partial charge on any atom is 0.229 e. The van der Waals surface area contributed by atoms with Crippen LogP contribution >= 0.6 is 11.8 Å². The predicted octanol–water partition coefficient (Wildman–Crippen LogP) is 2.22. The lowest BCUT2D eigenvalue weighted by Crippen LogP contribution is -2.03. The molecule has 3 rings (SSSR count). The average Bonchev–Trinajstić information content (AvgIpc) is 3.23. The Kier molecular flexibility index (Phi) is 4.65. The van der Waals surface area contributed by atoms with Crippen LogP contribution in [0.15, 0.2) is 27.8 Å². The smallest absolute Gasteiger partial charge is 0.229 e. The fourth-order valence-corrected chi connectivity index (χ4v) is 2.88. The van der Waals surface area contributed by atoms with E-state index >= 15 is 0 Å². The van der Waals surface area contributed by atoms with Gasteiger partial charge in [-0.3, -0.25) is 0 Å². The van der Waals surface area contributed by atoms with Crippen LogP contribution in [0.25, 0.3) is 5.69 Å². The van der Waals surface area contributed by atoms with Crippen molar-refractivity contribution < 1.29 is 13.9 Å². The highest BCUT2D eigenvalue weighted by Gasteiger charge is 2.20. The van der Waals surface area contributed by atoms with Crippen molar-refractivity contribution in [1.82, 2.24) is 30.4 Å². The van der Waals surface area contributed by atoms with Crippen LogP contribution in [0.5, 0.6) is 11.5 Å². The summed E-state index contributed by atoms with van der Waals surface area (Å²) in [5.41, 5.74) is 0.679. The lowest BCUT2D eigenvalue weighted by molar-refractivity contribution is 0.399. The summed E-state index contributed by atoms with van der Waals surface area (Å²) in [7, 11) is 3.19.